The molecule has 0 bridgehead atoms. The van der Waals surface area contributed by atoms with Crippen molar-refractivity contribution in [3.05, 3.63) is 89.0 Å². The normalized spacial score (nSPS) is 19.0. The van der Waals surface area contributed by atoms with Crippen LogP contribution in [0.2, 0.25) is 0 Å². The summed E-state index contributed by atoms with van der Waals surface area (Å²) >= 11 is 0. The molecule has 0 fully saturated rings. The maximum atomic E-state index is 12.9. The van der Waals surface area contributed by atoms with Gasteiger partial charge in [-0.15, -0.1) is 0 Å². The number of carbonyl (C=O) groups is 3. The Kier molecular flexibility index (Phi) is 4.86. The smallest absolute Gasteiger partial charge is 0.339 e. The average Bonchev–Trinajstić information content (AvgIpc) is 2.80. The van der Waals surface area contributed by atoms with Crippen LogP contribution in [0.25, 0.3) is 0 Å². The van der Waals surface area contributed by atoms with Gasteiger partial charge in [0.2, 0.25) is 0 Å². The van der Waals surface area contributed by atoms with Crippen LogP contribution in [0.3, 0.4) is 0 Å². The molecule has 2 heterocycles. The minimum atomic E-state index is -0.565. The second kappa shape index (κ2) is 7.85. The maximum absolute atomic E-state index is 12.9. The first-order valence-electron chi connectivity index (χ1n) is 10.3. The summed E-state index contributed by atoms with van der Waals surface area (Å²) < 4.78 is 11.1. The molecule has 0 spiro atoms. The number of anilines is 2. The van der Waals surface area contributed by atoms with E-state index in [4.69, 9.17) is 9.47 Å². The highest BCUT2D eigenvalue weighted by Gasteiger charge is 2.28. The van der Waals surface area contributed by atoms with Crippen LogP contribution in [-0.4, -0.2) is 23.9 Å². The van der Waals surface area contributed by atoms with Crippen LogP contribution < -0.4 is 15.4 Å². The molecule has 32 heavy (non-hydrogen) atoms. The van der Waals surface area contributed by atoms with Gasteiger partial charge in [0.25, 0.3) is 11.8 Å². The lowest BCUT2D eigenvalue weighted by Crippen LogP contribution is -2.34. The van der Waals surface area contributed by atoms with Crippen molar-refractivity contribution in [2.75, 3.05) is 10.6 Å². The molecule has 160 valence electrons. The molecule has 0 radical (unpaired) electrons. The first-order chi connectivity index (χ1) is 15.5. The SMILES string of the molecule is C[C@@H]1Oc2ccc(NC(=O)c3ccc4c(c3)C[C@H](c3ccccc3)OC4=O)cc2NC1=O. The number of amides is 2. The molecule has 0 saturated heterocycles. The molecule has 0 aliphatic carbocycles. The van der Waals surface area contributed by atoms with Crippen molar-refractivity contribution in [3.8, 4) is 5.75 Å². The van der Waals surface area contributed by atoms with Gasteiger partial charge in [0, 0.05) is 17.7 Å². The summed E-state index contributed by atoms with van der Waals surface area (Å²) in [5.41, 5.74) is 3.60. The third-order valence-electron chi connectivity index (χ3n) is 5.58. The van der Waals surface area contributed by atoms with Crippen LogP contribution in [0.4, 0.5) is 11.4 Å². The molecule has 2 atom stereocenters. The minimum absolute atomic E-state index is 0.240. The van der Waals surface area contributed by atoms with Gasteiger partial charge in [0.05, 0.1) is 11.3 Å². The molecule has 5 rings (SSSR count). The van der Waals surface area contributed by atoms with Crippen molar-refractivity contribution in [2.45, 2.75) is 25.6 Å². The van der Waals surface area contributed by atoms with Crippen molar-refractivity contribution < 1.29 is 23.9 Å². The highest BCUT2D eigenvalue weighted by Crippen LogP contribution is 2.33. The lowest BCUT2D eigenvalue weighted by molar-refractivity contribution is -0.122. The fourth-order valence-corrected chi connectivity index (χ4v) is 3.88. The van der Waals surface area contributed by atoms with Gasteiger partial charge in [-0.1, -0.05) is 30.3 Å². The summed E-state index contributed by atoms with van der Waals surface area (Å²) in [4.78, 5) is 37.2. The summed E-state index contributed by atoms with van der Waals surface area (Å²) in [7, 11) is 0. The Morgan fingerprint density at radius 1 is 1.00 bits per heavy atom. The van der Waals surface area contributed by atoms with E-state index in [1.165, 1.54) is 0 Å². The zero-order valence-corrected chi connectivity index (χ0v) is 17.3. The van der Waals surface area contributed by atoms with Gasteiger partial charge in [-0.25, -0.2) is 4.79 Å². The van der Waals surface area contributed by atoms with Gasteiger partial charge in [-0.2, -0.15) is 0 Å². The van der Waals surface area contributed by atoms with E-state index < -0.39 is 12.1 Å². The van der Waals surface area contributed by atoms with Crippen molar-refractivity contribution in [3.63, 3.8) is 0 Å². The fraction of sp³-hybridized carbons (Fsp3) is 0.160. The second-order valence-corrected chi connectivity index (χ2v) is 7.80. The van der Waals surface area contributed by atoms with Gasteiger partial charge < -0.3 is 20.1 Å². The number of nitrogens with one attached hydrogen (secondary N) is 2. The van der Waals surface area contributed by atoms with Crippen molar-refractivity contribution >= 4 is 29.2 Å². The Labute approximate surface area is 184 Å². The first-order valence-corrected chi connectivity index (χ1v) is 10.3. The number of rotatable bonds is 3. The first kappa shape index (κ1) is 19.8. The van der Waals surface area contributed by atoms with E-state index in [0.29, 0.717) is 34.7 Å². The molecular weight excluding hydrogens is 408 g/mol. The number of fused-ring (bicyclic) bond motifs is 2. The van der Waals surface area contributed by atoms with E-state index in [1.54, 1.807) is 43.3 Å². The molecular formula is C25H20N2O5. The highest BCUT2D eigenvalue weighted by molar-refractivity contribution is 6.06. The van der Waals surface area contributed by atoms with Crippen LogP contribution in [0.5, 0.6) is 5.75 Å². The Hall–Kier alpha value is -4.13. The van der Waals surface area contributed by atoms with E-state index in [2.05, 4.69) is 10.6 Å². The lowest BCUT2D eigenvalue weighted by atomic mass is 9.93. The molecule has 2 aliphatic heterocycles. The van der Waals surface area contributed by atoms with Gasteiger partial charge >= 0.3 is 5.97 Å². The van der Waals surface area contributed by atoms with Crippen molar-refractivity contribution in [1.82, 2.24) is 0 Å². The molecule has 7 nitrogen and oxygen atoms in total. The topological polar surface area (TPSA) is 93.7 Å². The lowest BCUT2D eigenvalue weighted by Gasteiger charge is -2.25. The van der Waals surface area contributed by atoms with E-state index >= 15 is 0 Å². The van der Waals surface area contributed by atoms with E-state index in [1.807, 2.05) is 30.3 Å². The molecule has 0 aromatic heterocycles. The average molecular weight is 428 g/mol. The predicted molar refractivity (Wildman–Crippen MR) is 118 cm³/mol. The third kappa shape index (κ3) is 3.69. The number of hydrogen-bond acceptors (Lipinski definition) is 5. The van der Waals surface area contributed by atoms with Crippen LogP contribution in [-0.2, 0) is 16.0 Å². The number of hydrogen-bond donors (Lipinski definition) is 2. The van der Waals surface area contributed by atoms with Gasteiger partial charge in [0.1, 0.15) is 11.9 Å². The Balaban J connectivity index is 1.36. The molecule has 0 unspecified atom stereocenters. The van der Waals surface area contributed by atoms with Crippen molar-refractivity contribution in [1.29, 1.82) is 0 Å². The fourth-order valence-electron chi connectivity index (χ4n) is 3.88. The molecule has 7 heteroatoms. The Morgan fingerprint density at radius 2 is 1.81 bits per heavy atom. The largest absolute Gasteiger partial charge is 0.479 e. The van der Waals surface area contributed by atoms with Gasteiger partial charge in [-0.05, 0) is 54.4 Å². The van der Waals surface area contributed by atoms with Crippen LogP contribution >= 0.6 is 0 Å². The number of ether oxygens (including phenoxy) is 2. The third-order valence-corrected chi connectivity index (χ3v) is 5.58. The van der Waals surface area contributed by atoms with Crippen LogP contribution in [0.1, 0.15) is 44.9 Å². The number of esters is 1. The maximum Gasteiger partial charge on any atom is 0.339 e. The summed E-state index contributed by atoms with van der Waals surface area (Å²) in [5, 5.41) is 5.60. The zero-order valence-electron chi connectivity index (χ0n) is 17.3. The quantitative estimate of drug-likeness (QED) is 0.613. The summed E-state index contributed by atoms with van der Waals surface area (Å²) in [5.74, 6) is -0.407. The molecule has 3 aromatic rings. The molecule has 3 aromatic carbocycles. The molecule has 2 aliphatic rings. The second-order valence-electron chi connectivity index (χ2n) is 7.80. The van der Waals surface area contributed by atoms with Crippen LogP contribution in [0, 0.1) is 0 Å². The monoisotopic (exact) mass is 428 g/mol. The van der Waals surface area contributed by atoms with Crippen LogP contribution in [0.15, 0.2) is 66.7 Å². The predicted octanol–water partition coefficient (Wildman–Crippen LogP) is 4.11. The zero-order chi connectivity index (χ0) is 22.2. The number of benzene rings is 3. The summed E-state index contributed by atoms with van der Waals surface area (Å²) in [6.45, 7) is 1.67. The van der Waals surface area contributed by atoms with E-state index in [0.717, 1.165) is 11.1 Å². The molecule has 2 N–H and O–H groups in total. The minimum Gasteiger partial charge on any atom is -0.479 e. The van der Waals surface area contributed by atoms with E-state index in [-0.39, 0.29) is 17.9 Å². The standard InChI is InChI=1S/C25H20N2O5/c1-14-23(28)27-20-13-18(8-10-21(20)31-14)26-24(29)16-7-9-19-17(11-16)12-22(32-25(19)30)15-5-3-2-4-6-15/h2-11,13-14,22H,12H2,1H3,(H,26,29)(H,27,28)/t14-,22+/m0/s1. The highest BCUT2D eigenvalue weighted by atomic mass is 16.5. The summed E-state index contributed by atoms with van der Waals surface area (Å²) in [6, 6.07) is 19.5. The number of cyclic esters (lactones) is 1. The Morgan fingerprint density at radius 3 is 2.62 bits per heavy atom. The Bertz CT molecular complexity index is 1240. The summed E-state index contributed by atoms with van der Waals surface area (Å²) in [6.07, 6.45) is -0.460. The molecule has 2 amide bonds. The van der Waals surface area contributed by atoms with E-state index in [9.17, 15) is 14.4 Å². The van der Waals surface area contributed by atoms with Gasteiger partial charge in [-0.3, -0.25) is 9.59 Å². The van der Waals surface area contributed by atoms with Gasteiger partial charge in [0.15, 0.2) is 6.10 Å². The number of carbonyl (C=O) groups excluding carboxylic acids is 3. The van der Waals surface area contributed by atoms with Crippen molar-refractivity contribution in [2.24, 2.45) is 0 Å². The molecule has 0 saturated carbocycles.